The van der Waals surface area contributed by atoms with Crippen molar-refractivity contribution in [3.05, 3.63) is 11.6 Å². The molecule has 0 aromatic carbocycles. The number of rotatable bonds is 2. The van der Waals surface area contributed by atoms with Crippen LogP contribution in [0.2, 0.25) is 0 Å². The molecule has 0 spiro atoms. The number of carbonyl (C=O) groups is 2. The normalized spacial score (nSPS) is 18.7. The van der Waals surface area contributed by atoms with Gasteiger partial charge >= 0.3 is 32.7 Å². The number of likely N-dealkylation sites (N-methyl/N-ethyl adjacent to an activating group) is 1. The van der Waals surface area contributed by atoms with Crippen molar-refractivity contribution in [2.75, 3.05) is 13.6 Å². The minimum Gasteiger partial charge on any atom is -0.330 e. The smallest absolute Gasteiger partial charge is 0.330 e. The van der Waals surface area contributed by atoms with Gasteiger partial charge in [0, 0.05) is 13.6 Å². The zero-order valence-electron chi connectivity index (χ0n) is 9.00. The molecule has 0 unspecified atom stereocenters. The summed E-state index contributed by atoms with van der Waals surface area (Å²) in [6, 6.07) is 0. The predicted molar refractivity (Wildman–Crippen MR) is 51.3 cm³/mol. The Morgan fingerprint density at radius 1 is 1.47 bits per heavy atom. The molecule has 1 aliphatic heterocycles. The molecular weight excluding hydrogens is 271 g/mol. The fourth-order valence-electron chi connectivity index (χ4n) is 1.20. The molecule has 0 radical (unpaired) electrons. The summed E-state index contributed by atoms with van der Waals surface area (Å²) in [7, 11) is 1.60. The van der Waals surface area contributed by atoms with Gasteiger partial charge < -0.3 is 10.3 Å². The Morgan fingerprint density at radius 2 is 2.07 bits per heavy atom. The predicted octanol–water partition coefficient (Wildman–Crippen LogP) is -0.303. The monoisotopic (exact) mass is 283 g/mol. The molecule has 0 fully saturated rings. The van der Waals surface area contributed by atoms with Crippen LogP contribution in [0.5, 0.6) is 0 Å². The molecule has 2 amide bonds. The number of hydrogen-bond donors (Lipinski definition) is 1. The van der Waals surface area contributed by atoms with Gasteiger partial charge in [0.15, 0.2) is 11.8 Å². The van der Waals surface area contributed by atoms with Crippen molar-refractivity contribution in [2.45, 2.75) is 13.8 Å². The van der Waals surface area contributed by atoms with Crippen LogP contribution >= 0.6 is 0 Å². The summed E-state index contributed by atoms with van der Waals surface area (Å²) in [5.74, 6) is -0.770. The van der Waals surface area contributed by atoms with E-state index in [1.54, 1.807) is 20.9 Å². The summed E-state index contributed by atoms with van der Waals surface area (Å²) in [5.41, 5.74) is 3.24. The van der Waals surface area contributed by atoms with E-state index in [2.05, 4.69) is 16.6 Å². The molecule has 0 atom stereocenters. The largest absolute Gasteiger partial charge is 3.00 e. The molecule has 5 nitrogen and oxygen atoms in total. The van der Waals surface area contributed by atoms with E-state index in [-0.39, 0.29) is 44.3 Å². The summed E-state index contributed by atoms with van der Waals surface area (Å²) in [6.07, 6.45) is 2.56. The third kappa shape index (κ3) is 2.95. The van der Waals surface area contributed by atoms with Crippen molar-refractivity contribution in [1.82, 2.24) is 10.3 Å². The van der Waals surface area contributed by atoms with Crippen molar-refractivity contribution in [3.63, 3.8) is 0 Å². The molecule has 6 heteroatoms. The van der Waals surface area contributed by atoms with E-state index in [0.29, 0.717) is 12.1 Å². The van der Waals surface area contributed by atoms with Gasteiger partial charge in [0.25, 0.3) is 0 Å². The van der Waals surface area contributed by atoms with Gasteiger partial charge in [-0.3, -0.25) is 14.7 Å². The fourth-order valence-corrected chi connectivity index (χ4v) is 1.20. The molecule has 1 aliphatic rings. The maximum Gasteiger partial charge on any atom is 3.00 e. The van der Waals surface area contributed by atoms with Crippen LogP contribution < -0.4 is 5.43 Å². The number of hydrazone groups is 1. The zero-order valence-corrected chi connectivity index (χ0v) is 11.8. The van der Waals surface area contributed by atoms with Crippen molar-refractivity contribution < 1.29 is 42.3 Å². The first-order valence-electron chi connectivity index (χ1n) is 4.33. The van der Waals surface area contributed by atoms with Gasteiger partial charge in [-0.1, -0.05) is 6.92 Å². The van der Waals surface area contributed by atoms with Crippen molar-refractivity contribution in [1.29, 1.82) is 0 Å². The van der Waals surface area contributed by atoms with Gasteiger partial charge in [-0.15, -0.1) is 0 Å². The van der Waals surface area contributed by atoms with E-state index in [1.807, 2.05) is 0 Å². The molecule has 1 rings (SSSR count). The summed E-state index contributed by atoms with van der Waals surface area (Å²) in [4.78, 5) is 24.0. The summed E-state index contributed by atoms with van der Waals surface area (Å²) in [6.45, 7) is 3.70. The number of nitrogens with zero attached hydrogens (tertiary/aromatic N) is 2. The summed E-state index contributed by atoms with van der Waals surface area (Å²) >= 11 is 0. The second kappa shape index (κ2) is 6.13. The van der Waals surface area contributed by atoms with Crippen LogP contribution in [0.4, 0.5) is 0 Å². The van der Waals surface area contributed by atoms with Gasteiger partial charge in [0.1, 0.15) is 0 Å². The van der Waals surface area contributed by atoms with E-state index in [4.69, 9.17) is 0 Å². The maximum absolute atomic E-state index is 11.6. The van der Waals surface area contributed by atoms with Gasteiger partial charge in [0.2, 0.25) is 0 Å². The molecule has 0 saturated carbocycles. The molecule has 0 aromatic heterocycles. The minimum atomic E-state index is -0.398. The topological polar surface area (TPSA) is 61.8 Å². The van der Waals surface area contributed by atoms with Crippen LogP contribution in [0, 0.1) is 6.08 Å². The van der Waals surface area contributed by atoms with Crippen molar-refractivity contribution >= 4 is 17.5 Å². The second-order valence-electron chi connectivity index (χ2n) is 2.79. The fraction of sp³-hybridized carbons (Fsp3) is 0.444. The van der Waals surface area contributed by atoms with E-state index in [1.165, 1.54) is 0 Å². The Kier molecular flexibility index (Phi) is 5.90. The molecule has 76 valence electrons. The quantitative estimate of drug-likeness (QED) is 0.430. The summed E-state index contributed by atoms with van der Waals surface area (Å²) < 4.78 is 0. The average molecular weight is 283 g/mol. The minimum absolute atomic E-state index is 0. The first-order chi connectivity index (χ1) is 6.61. The standard InChI is InChI=1S/C9H12N3O2.Y/c1-4-12-7(13)5-6(2)8(9(12)14)11-10-3;/h10H,4H2,1-3H3;/q-1;+3/b11-8+;. The number of imide groups is 1. The molecule has 0 aliphatic carbocycles. The third-order valence-electron chi connectivity index (χ3n) is 1.88. The van der Waals surface area contributed by atoms with Crippen molar-refractivity contribution in [2.24, 2.45) is 5.10 Å². The van der Waals surface area contributed by atoms with E-state index >= 15 is 0 Å². The van der Waals surface area contributed by atoms with Crippen molar-refractivity contribution in [3.8, 4) is 0 Å². The second-order valence-corrected chi connectivity index (χ2v) is 2.79. The van der Waals surface area contributed by atoms with Crippen LogP contribution in [0.15, 0.2) is 10.7 Å². The number of carbonyl (C=O) groups excluding carboxylic acids is 2. The first kappa shape index (κ1) is 14.5. The maximum atomic E-state index is 11.6. The van der Waals surface area contributed by atoms with E-state index in [0.717, 1.165) is 4.90 Å². The number of nitrogens with one attached hydrogen (secondary N) is 1. The van der Waals surface area contributed by atoms with Gasteiger partial charge in [-0.05, 0) is 12.6 Å². The van der Waals surface area contributed by atoms with Gasteiger partial charge in [0.05, 0.1) is 0 Å². The van der Waals surface area contributed by atoms with Gasteiger partial charge in [-0.25, -0.2) is 0 Å². The Labute approximate surface area is 114 Å². The van der Waals surface area contributed by atoms with Crippen LogP contribution in [0.25, 0.3) is 0 Å². The molecule has 1 heterocycles. The average Bonchev–Trinajstić information content (AvgIpc) is 2.12. The SMILES string of the molecule is CCN1C(=O)[C-]=C(C)/C(=N\NC)C1=O.[Y+3]. The Bertz CT molecular complexity index is 336. The first-order valence-corrected chi connectivity index (χ1v) is 4.33. The molecule has 0 bridgehead atoms. The Balaban J connectivity index is 0.00000196. The third-order valence-corrected chi connectivity index (χ3v) is 1.88. The van der Waals surface area contributed by atoms with E-state index < -0.39 is 5.91 Å². The summed E-state index contributed by atoms with van der Waals surface area (Å²) in [5, 5.41) is 3.80. The van der Waals surface area contributed by atoms with Gasteiger partial charge in [-0.2, -0.15) is 11.6 Å². The Hall–Kier alpha value is -0.546. The van der Waals surface area contributed by atoms with Crippen LogP contribution in [0.1, 0.15) is 13.8 Å². The number of amides is 2. The zero-order chi connectivity index (χ0) is 10.7. The van der Waals surface area contributed by atoms with Crippen LogP contribution in [-0.2, 0) is 42.3 Å². The van der Waals surface area contributed by atoms with Crippen LogP contribution in [0.3, 0.4) is 0 Å². The molecular formula is C9H12N3O2Y+2. The molecule has 15 heavy (non-hydrogen) atoms. The molecule has 0 aromatic rings. The Morgan fingerprint density at radius 3 is 2.53 bits per heavy atom. The van der Waals surface area contributed by atoms with Crippen LogP contribution in [-0.4, -0.2) is 36.0 Å². The molecule has 0 saturated heterocycles. The molecule has 1 N–H and O–H groups in total. The van der Waals surface area contributed by atoms with E-state index in [9.17, 15) is 9.59 Å². The number of hydrogen-bond acceptors (Lipinski definition) is 4.